The molecule has 0 aliphatic carbocycles. The summed E-state index contributed by atoms with van der Waals surface area (Å²) < 4.78 is 18.2. The molecule has 2 saturated heterocycles. The smallest absolute Gasteiger partial charge is 0.331 e. The molecule has 2 fully saturated rings. The topological polar surface area (TPSA) is 82.6 Å². The van der Waals surface area contributed by atoms with Gasteiger partial charge in [0.05, 0.1) is 0 Å². The highest BCUT2D eigenvalue weighted by atomic mass is 16.8. The molecule has 1 aromatic heterocycles. The predicted molar refractivity (Wildman–Crippen MR) is 64.4 cm³/mol. The maximum Gasteiger partial charge on any atom is 0.331 e. The average Bonchev–Trinajstić information content (AvgIpc) is 2.75. The summed E-state index contributed by atoms with van der Waals surface area (Å²) in [5.41, 5.74) is -1.02. The second-order valence-electron chi connectivity index (χ2n) is 5.01. The van der Waals surface area contributed by atoms with Crippen LogP contribution in [0, 0.1) is 0 Å². The van der Waals surface area contributed by atoms with Crippen LogP contribution in [0.2, 0.25) is 0 Å². The fourth-order valence-electron chi connectivity index (χ4n) is 2.38. The van der Waals surface area contributed by atoms with Crippen LogP contribution in [0.3, 0.4) is 0 Å². The van der Waals surface area contributed by atoms with Crippen molar-refractivity contribution >= 4 is 0 Å². The Balaban J connectivity index is 2.00. The van der Waals surface area contributed by atoms with E-state index < -0.39 is 35.5 Å². The molecule has 0 aromatic carbocycles. The molecule has 19 heavy (non-hydrogen) atoms. The van der Waals surface area contributed by atoms with E-state index in [0.29, 0.717) is 5.76 Å². The van der Waals surface area contributed by atoms with Gasteiger partial charge in [-0.2, -0.15) is 0 Å². The van der Waals surface area contributed by atoms with Crippen molar-refractivity contribution in [1.82, 2.24) is 9.55 Å². The molecule has 0 bridgehead atoms. The van der Waals surface area contributed by atoms with Gasteiger partial charge in [-0.15, -0.1) is 0 Å². The van der Waals surface area contributed by atoms with Crippen molar-refractivity contribution in [2.24, 2.45) is 0 Å². The number of hydrogen-bond acceptors (Lipinski definition) is 5. The van der Waals surface area contributed by atoms with Gasteiger partial charge in [-0.05, 0) is 13.8 Å². The first-order chi connectivity index (χ1) is 8.87. The van der Waals surface area contributed by atoms with Crippen LogP contribution < -0.4 is 11.2 Å². The van der Waals surface area contributed by atoms with Gasteiger partial charge in [-0.25, -0.2) is 4.79 Å². The van der Waals surface area contributed by atoms with Crippen LogP contribution in [0.1, 0.15) is 20.1 Å². The highest BCUT2D eigenvalue weighted by Gasteiger charge is 2.53. The third-order valence-corrected chi connectivity index (χ3v) is 3.12. The van der Waals surface area contributed by atoms with Gasteiger partial charge in [0.2, 0.25) is 6.23 Å². The Morgan fingerprint density at radius 3 is 2.79 bits per heavy atom. The van der Waals surface area contributed by atoms with Gasteiger partial charge >= 0.3 is 5.69 Å². The fraction of sp³-hybridized carbons (Fsp3) is 0.500. The Morgan fingerprint density at radius 1 is 1.37 bits per heavy atom. The van der Waals surface area contributed by atoms with Crippen LogP contribution in [-0.4, -0.2) is 27.5 Å². The van der Waals surface area contributed by atoms with Crippen molar-refractivity contribution in [3.63, 3.8) is 0 Å². The van der Waals surface area contributed by atoms with E-state index in [4.69, 9.17) is 14.2 Å². The van der Waals surface area contributed by atoms with Crippen LogP contribution in [0.25, 0.3) is 0 Å². The highest BCUT2D eigenvalue weighted by molar-refractivity contribution is 5.10. The van der Waals surface area contributed by atoms with E-state index >= 15 is 0 Å². The molecule has 1 N–H and O–H groups in total. The molecule has 0 saturated carbocycles. The first-order valence-corrected chi connectivity index (χ1v) is 5.90. The van der Waals surface area contributed by atoms with Crippen LogP contribution in [-0.2, 0) is 14.2 Å². The van der Waals surface area contributed by atoms with E-state index in [9.17, 15) is 9.59 Å². The Kier molecular flexibility index (Phi) is 2.45. The van der Waals surface area contributed by atoms with Gasteiger partial charge in [0, 0.05) is 12.3 Å². The van der Waals surface area contributed by atoms with E-state index in [1.54, 1.807) is 13.8 Å². The van der Waals surface area contributed by atoms with Crippen LogP contribution in [0.15, 0.2) is 34.2 Å². The monoisotopic (exact) mass is 266 g/mol. The zero-order valence-electron chi connectivity index (χ0n) is 10.6. The molecular weight excluding hydrogens is 252 g/mol. The predicted octanol–water partition coefficient (Wildman–Crippen LogP) is 0.0992. The second-order valence-corrected chi connectivity index (χ2v) is 5.01. The molecule has 7 nitrogen and oxygen atoms in total. The van der Waals surface area contributed by atoms with E-state index in [0.717, 1.165) is 0 Å². The van der Waals surface area contributed by atoms with Gasteiger partial charge in [-0.1, -0.05) is 6.58 Å². The van der Waals surface area contributed by atoms with Crippen molar-refractivity contribution in [1.29, 1.82) is 0 Å². The zero-order valence-corrected chi connectivity index (χ0v) is 10.6. The largest absolute Gasteiger partial charge is 0.469 e. The first kappa shape index (κ1) is 12.2. The number of fused-ring (bicyclic) bond motifs is 1. The van der Waals surface area contributed by atoms with Crippen LogP contribution in [0.5, 0.6) is 0 Å². The lowest BCUT2D eigenvalue weighted by molar-refractivity contribution is -0.174. The standard InChI is InChI=1S/C12H14N2O5/c1-6-8-9(19-12(2,3)18-8)10(17-6)14-5-4-7(15)13-11(14)16/h4-5,8-10H,1H2,2-3H3,(H,13,15,16). The first-order valence-electron chi connectivity index (χ1n) is 5.90. The van der Waals surface area contributed by atoms with Crippen molar-refractivity contribution in [3.8, 4) is 0 Å². The summed E-state index contributed by atoms with van der Waals surface area (Å²) in [6.07, 6.45) is -0.204. The van der Waals surface area contributed by atoms with Crippen LogP contribution in [0.4, 0.5) is 0 Å². The van der Waals surface area contributed by atoms with Gasteiger partial charge in [-0.3, -0.25) is 14.3 Å². The molecule has 0 amide bonds. The number of nitrogens with one attached hydrogen (secondary N) is 1. The highest BCUT2D eigenvalue weighted by Crippen LogP contribution is 2.43. The molecule has 2 aliphatic rings. The molecule has 3 heterocycles. The number of rotatable bonds is 1. The molecule has 1 aromatic rings. The molecule has 0 spiro atoms. The number of aromatic nitrogens is 2. The lowest BCUT2D eigenvalue weighted by Crippen LogP contribution is -2.37. The minimum atomic E-state index is -0.758. The SMILES string of the molecule is C=C1OC(n2ccc(=O)[nH]c2=O)C2OC(C)(C)OC12. The summed E-state index contributed by atoms with van der Waals surface area (Å²) in [5, 5.41) is 0. The molecular formula is C12H14N2O5. The van der Waals surface area contributed by atoms with Gasteiger partial charge in [0.15, 0.2) is 11.9 Å². The van der Waals surface area contributed by atoms with Crippen molar-refractivity contribution in [2.75, 3.05) is 0 Å². The Bertz CT molecular complexity index is 644. The van der Waals surface area contributed by atoms with Crippen LogP contribution >= 0.6 is 0 Å². The van der Waals surface area contributed by atoms with Crippen molar-refractivity contribution in [3.05, 3.63) is 45.4 Å². The molecule has 7 heteroatoms. The average molecular weight is 266 g/mol. The number of H-pyrrole nitrogens is 1. The maximum atomic E-state index is 11.8. The number of hydrogen-bond donors (Lipinski definition) is 1. The lowest BCUT2D eigenvalue weighted by atomic mass is 10.2. The van der Waals surface area contributed by atoms with Gasteiger partial charge in [0.1, 0.15) is 11.9 Å². The van der Waals surface area contributed by atoms with E-state index in [1.165, 1.54) is 16.8 Å². The van der Waals surface area contributed by atoms with Crippen molar-refractivity contribution < 1.29 is 14.2 Å². The third-order valence-electron chi connectivity index (χ3n) is 3.12. The normalized spacial score (nSPS) is 32.1. The summed E-state index contributed by atoms with van der Waals surface area (Å²) in [7, 11) is 0. The van der Waals surface area contributed by atoms with E-state index in [-0.39, 0.29) is 0 Å². The summed E-state index contributed by atoms with van der Waals surface area (Å²) >= 11 is 0. The van der Waals surface area contributed by atoms with Crippen molar-refractivity contribution in [2.45, 2.75) is 38.1 Å². The number of nitrogens with zero attached hydrogens (tertiary/aromatic N) is 1. The molecule has 3 atom stereocenters. The zero-order chi connectivity index (χ0) is 13.8. The number of aromatic amines is 1. The maximum absolute atomic E-state index is 11.8. The summed E-state index contributed by atoms with van der Waals surface area (Å²) in [5.74, 6) is -0.342. The molecule has 102 valence electrons. The Hall–Kier alpha value is -1.86. The second kappa shape index (κ2) is 3.82. The minimum Gasteiger partial charge on any atom is -0.469 e. The summed E-state index contributed by atoms with van der Waals surface area (Å²) in [4.78, 5) is 25.0. The Morgan fingerprint density at radius 2 is 2.11 bits per heavy atom. The minimum absolute atomic E-state index is 0.415. The summed E-state index contributed by atoms with van der Waals surface area (Å²) in [6.45, 7) is 7.34. The Labute approximate surface area is 108 Å². The fourth-order valence-corrected chi connectivity index (χ4v) is 2.38. The third kappa shape index (κ3) is 1.91. The molecule has 2 aliphatic heterocycles. The van der Waals surface area contributed by atoms with E-state index in [2.05, 4.69) is 11.6 Å². The molecule has 3 rings (SSSR count). The van der Waals surface area contributed by atoms with E-state index in [1.807, 2.05) is 0 Å². The quantitative estimate of drug-likeness (QED) is 0.779. The summed E-state index contributed by atoms with van der Waals surface area (Å²) in [6, 6.07) is 1.25. The molecule has 0 radical (unpaired) electrons. The molecule has 3 unspecified atom stereocenters. The number of ether oxygens (including phenoxy) is 3. The van der Waals surface area contributed by atoms with Gasteiger partial charge < -0.3 is 14.2 Å². The lowest BCUT2D eigenvalue weighted by Gasteiger charge is -2.23. The van der Waals surface area contributed by atoms with Gasteiger partial charge in [0.25, 0.3) is 5.56 Å².